The van der Waals surface area contributed by atoms with E-state index in [1.165, 1.54) is 11.1 Å². The molecule has 0 aliphatic heterocycles. The first-order chi connectivity index (χ1) is 7.49. The smallest absolute Gasteiger partial charge is 0.331 e. The molecule has 0 radical (unpaired) electrons. The van der Waals surface area contributed by atoms with E-state index in [2.05, 4.69) is 11.4 Å². The van der Waals surface area contributed by atoms with Crippen molar-refractivity contribution in [3.63, 3.8) is 0 Å². The SMILES string of the molecule is C/C(=C/CNc1cc(C)cc(C)c1)C(=O)O. The van der Waals surface area contributed by atoms with Gasteiger partial charge in [0.1, 0.15) is 0 Å². The number of nitrogens with one attached hydrogen (secondary N) is 1. The number of aryl methyl sites for hydroxylation is 2. The molecule has 0 heterocycles. The summed E-state index contributed by atoms with van der Waals surface area (Å²) < 4.78 is 0. The standard InChI is InChI=1S/C13H17NO2/c1-9-6-10(2)8-12(7-9)14-5-4-11(3)13(15)16/h4,6-8,14H,5H2,1-3H3,(H,15,16)/b11-4-. The van der Waals surface area contributed by atoms with E-state index >= 15 is 0 Å². The Kier molecular flexibility index (Phi) is 4.11. The Morgan fingerprint density at radius 2 is 1.88 bits per heavy atom. The van der Waals surface area contributed by atoms with Crippen LogP contribution in [-0.4, -0.2) is 17.6 Å². The van der Waals surface area contributed by atoms with Crippen LogP contribution in [0.3, 0.4) is 0 Å². The highest BCUT2D eigenvalue weighted by Gasteiger charge is 1.98. The summed E-state index contributed by atoms with van der Waals surface area (Å²) in [5.74, 6) is -0.873. The number of hydrogen-bond donors (Lipinski definition) is 2. The molecule has 3 heteroatoms. The van der Waals surface area contributed by atoms with Crippen molar-refractivity contribution in [1.82, 2.24) is 0 Å². The van der Waals surface area contributed by atoms with Crippen molar-refractivity contribution in [1.29, 1.82) is 0 Å². The number of rotatable bonds is 4. The lowest BCUT2D eigenvalue weighted by molar-refractivity contribution is -0.132. The molecule has 0 aliphatic rings. The minimum absolute atomic E-state index is 0.358. The molecule has 0 aromatic heterocycles. The molecule has 0 fully saturated rings. The molecule has 0 bridgehead atoms. The van der Waals surface area contributed by atoms with Gasteiger partial charge in [0.15, 0.2) is 0 Å². The fourth-order valence-corrected chi connectivity index (χ4v) is 1.49. The molecule has 0 amide bonds. The van der Waals surface area contributed by atoms with E-state index in [1.807, 2.05) is 26.0 Å². The Morgan fingerprint density at radius 3 is 2.38 bits per heavy atom. The van der Waals surface area contributed by atoms with Crippen LogP contribution < -0.4 is 5.32 Å². The first-order valence-corrected chi connectivity index (χ1v) is 5.21. The molecular formula is C13H17NO2. The molecule has 0 spiro atoms. The topological polar surface area (TPSA) is 49.3 Å². The first kappa shape index (κ1) is 12.3. The Balaban J connectivity index is 2.62. The molecule has 0 unspecified atom stereocenters. The van der Waals surface area contributed by atoms with Crippen LogP contribution in [0.2, 0.25) is 0 Å². The highest BCUT2D eigenvalue weighted by Crippen LogP contribution is 2.13. The zero-order chi connectivity index (χ0) is 12.1. The predicted molar refractivity (Wildman–Crippen MR) is 65.8 cm³/mol. The fourth-order valence-electron chi connectivity index (χ4n) is 1.49. The third-order valence-corrected chi connectivity index (χ3v) is 2.27. The molecule has 0 saturated carbocycles. The third kappa shape index (κ3) is 3.77. The van der Waals surface area contributed by atoms with Gasteiger partial charge in [0.05, 0.1) is 0 Å². The van der Waals surface area contributed by atoms with Crippen LogP contribution in [0.15, 0.2) is 29.8 Å². The van der Waals surface area contributed by atoms with Crippen LogP contribution in [0.5, 0.6) is 0 Å². The maximum atomic E-state index is 10.6. The molecule has 2 N–H and O–H groups in total. The molecule has 16 heavy (non-hydrogen) atoms. The van der Waals surface area contributed by atoms with Gasteiger partial charge in [-0.3, -0.25) is 0 Å². The van der Waals surface area contributed by atoms with Crippen LogP contribution in [-0.2, 0) is 4.79 Å². The van der Waals surface area contributed by atoms with Gasteiger partial charge in [-0.25, -0.2) is 4.79 Å². The molecular weight excluding hydrogens is 202 g/mol. The van der Waals surface area contributed by atoms with Crippen LogP contribution in [0, 0.1) is 13.8 Å². The Bertz CT molecular complexity index is 402. The zero-order valence-electron chi connectivity index (χ0n) is 9.87. The van der Waals surface area contributed by atoms with E-state index < -0.39 is 5.97 Å². The van der Waals surface area contributed by atoms with E-state index in [0.29, 0.717) is 12.1 Å². The molecule has 3 nitrogen and oxygen atoms in total. The predicted octanol–water partition coefficient (Wildman–Crippen LogP) is 2.75. The second-order valence-electron chi connectivity index (χ2n) is 3.95. The number of hydrogen-bond acceptors (Lipinski definition) is 2. The van der Waals surface area contributed by atoms with E-state index in [-0.39, 0.29) is 0 Å². The summed E-state index contributed by atoms with van der Waals surface area (Å²) in [7, 11) is 0. The average Bonchev–Trinajstić information content (AvgIpc) is 2.15. The number of aliphatic carboxylic acids is 1. The molecule has 86 valence electrons. The van der Waals surface area contributed by atoms with Crippen LogP contribution >= 0.6 is 0 Å². The molecule has 0 aliphatic carbocycles. The minimum Gasteiger partial charge on any atom is -0.478 e. The van der Waals surface area contributed by atoms with Gasteiger partial charge in [0, 0.05) is 17.8 Å². The van der Waals surface area contributed by atoms with Crippen molar-refractivity contribution in [2.45, 2.75) is 20.8 Å². The minimum atomic E-state index is -0.873. The first-order valence-electron chi connectivity index (χ1n) is 5.21. The van der Waals surface area contributed by atoms with Crippen molar-refractivity contribution in [2.24, 2.45) is 0 Å². The highest BCUT2D eigenvalue weighted by atomic mass is 16.4. The largest absolute Gasteiger partial charge is 0.478 e. The molecule has 1 aromatic rings. The zero-order valence-corrected chi connectivity index (χ0v) is 9.87. The Hall–Kier alpha value is -1.77. The summed E-state index contributed by atoms with van der Waals surface area (Å²) in [4.78, 5) is 10.6. The van der Waals surface area contributed by atoms with Crippen LogP contribution in [0.4, 0.5) is 5.69 Å². The van der Waals surface area contributed by atoms with Crippen molar-refractivity contribution in [3.8, 4) is 0 Å². The van der Waals surface area contributed by atoms with E-state index in [4.69, 9.17) is 5.11 Å². The lowest BCUT2D eigenvalue weighted by Crippen LogP contribution is -2.03. The lowest BCUT2D eigenvalue weighted by atomic mass is 10.1. The summed E-state index contributed by atoms with van der Waals surface area (Å²) in [5, 5.41) is 11.8. The van der Waals surface area contributed by atoms with Crippen LogP contribution in [0.25, 0.3) is 0 Å². The number of carboxylic acids is 1. The van der Waals surface area contributed by atoms with E-state index in [9.17, 15) is 4.79 Å². The van der Waals surface area contributed by atoms with Gasteiger partial charge in [-0.05, 0) is 44.0 Å². The van der Waals surface area contributed by atoms with E-state index in [0.717, 1.165) is 5.69 Å². The summed E-state index contributed by atoms with van der Waals surface area (Å²) in [6.07, 6.45) is 1.67. The normalized spacial score (nSPS) is 11.3. The van der Waals surface area contributed by atoms with Gasteiger partial charge in [0.25, 0.3) is 0 Å². The monoisotopic (exact) mass is 219 g/mol. The number of anilines is 1. The quantitative estimate of drug-likeness (QED) is 0.765. The average molecular weight is 219 g/mol. The maximum absolute atomic E-state index is 10.6. The summed E-state index contributed by atoms with van der Waals surface area (Å²) >= 11 is 0. The van der Waals surface area contributed by atoms with Gasteiger partial charge in [0.2, 0.25) is 0 Å². The fraction of sp³-hybridized carbons (Fsp3) is 0.308. The van der Waals surface area contributed by atoms with Crippen molar-refractivity contribution in [3.05, 3.63) is 41.0 Å². The van der Waals surface area contributed by atoms with E-state index in [1.54, 1.807) is 13.0 Å². The lowest BCUT2D eigenvalue weighted by Gasteiger charge is -2.06. The van der Waals surface area contributed by atoms with Crippen molar-refractivity contribution < 1.29 is 9.90 Å². The number of benzene rings is 1. The molecule has 1 rings (SSSR count). The molecule has 0 saturated heterocycles. The van der Waals surface area contributed by atoms with Gasteiger partial charge < -0.3 is 10.4 Å². The van der Waals surface area contributed by atoms with Crippen molar-refractivity contribution in [2.75, 3.05) is 11.9 Å². The second kappa shape index (κ2) is 5.35. The summed E-state index contributed by atoms with van der Waals surface area (Å²) in [6.45, 7) is 6.19. The number of carbonyl (C=O) groups is 1. The Morgan fingerprint density at radius 1 is 1.31 bits per heavy atom. The molecule has 0 atom stereocenters. The van der Waals surface area contributed by atoms with Gasteiger partial charge >= 0.3 is 5.97 Å². The van der Waals surface area contributed by atoms with Crippen molar-refractivity contribution >= 4 is 11.7 Å². The maximum Gasteiger partial charge on any atom is 0.331 e. The Labute approximate surface area is 95.8 Å². The molecule has 1 aromatic carbocycles. The highest BCUT2D eigenvalue weighted by molar-refractivity contribution is 5.85. The van der Waals surface area contributed by atoms with Gasteiger partial charge in [-0.15, -0.1) is 0 Å². The van der Waals surface area contributed by atoms with Gasteiger partial charge in [-0.1, -0.05) is 12.1 Å². The van der Waals surface area contributed by atoms with Crippen LogP contribution in [0.1, 0.15) is 18.1 Å². The van der Waals surface area contributed by atoms with Gasteiger partial charge in [-0.2, -0.15) is 0 Å². The summed E-state index contributed by atoms with van der Waals surface area (Å²) in [5.41, 5.74) is 3.77. The summed E-state index contributed by atoms with van der Waals surface area (Å²) in [6, 6.07) is 6.18. The second-order valence-corrected chi connectivity index (χ2v) is 3.95. The number of carboxylic acid groups (broad SMARTS) is 1. The third-order valence-electron chi connectivity index (χ3n) is 2.27.